The number of benzene rings is 2. The molecule has 0 bridgehead atoms. The maximum Gasteiger partial charge on any atom is 0.0393 e. The van der Waals surface area contributed by atoms with Gasteiger partial charge < -0.3 is 11.5 Å². The monoisotopic (exact) mass is 186 g/mol. The fourth-order valence-electron chi connectivity index (χ4n) is 1.72. The van der Waals surface area contributed by atoms with Gasteiger partial charge in [0.15, 0.2) is 0 Å². The van der Waals surface area contributed by atoms with Crippen molar-refractivity contribution >= 4 is 22.1 Å². The zero-order valence-electron chi connectivity index (χ0n) is 8.25. The van der Waals surface area contributed by atoms with Gasteiger partial charge in [0.25, 0.3) is 0 Å². The zero-order chi connectivity index (χ0) is 10.1. The van der Waals surface area contributed by atoms with E-state index in [1.807, 2.05) is 24.3 Å². The van der Waals surface area contributed by atoms with E-state index in [2.05, 4.69) is 13.0 Å². The van der Waals surface area contributed by atoms with Gasteiger partial charge in [-0.15, -0.1) is 0 Å². The minimum atomic E-state index is 0.817. The third-order valence-corrected chi connectivity index (χ3v) is 2.55. The molecule has 0 heterocycles. The molecule has 0 atom stereocenters. The van der Waals surface area contributed by atoms with Crippen LogP contribution in [-0.2, 0) is 6.42 Å². The summed E-state index contributed by atoms with van der Waals surface area (Å²) in [4.78, 5) is 0. The lowest BCUT2D eigenvalue weighted by Crippen LogP contribution is -1.94. The molecule has 14 heavy (non-hydrogen) atoms. The van der Waals surface area contributed by atoms with Crippen molar-refractivity contribution in [3.63, 3.8) is 0 Å². The molecule has 0 saturated carbocycles. The van der Waals surface area contributed by atoms with Gasteiger partial charge in [0, 0.05) is 16.8 Å². The fraction of sp³-hybridized carbons (Fsp3) is 0.167. The van der Waals surface area contributed by atoms with Crippen molar-refractivity contribution in [2.45, 2.75) is 13.3 Å². The summed E-state index contributed by atoms with van der Waals surface area (Å²) < 4.78 is 0. The first-order valence-electron chi connectivity index (χ1n) is 4.79. The summed E-state index contributed by atoms with van der Waals surface area (Å²) in [5, 5.41) is 2.21. The molecule has 0 amide bonds. The lowest BCUT2D eigenvalue weighted by atomic mass is 10.0. The topological polar surface area (TPSA) is 52.0 Å². The number of rotatable bonds is 1. The first kappa shape index (κ1) is 8.88. The summed E-state index contributed by atoms with van der Waals surface area (Å²) in [6.45, 7) is 2.09. The van der Waals surface area contributed by atoms with Gasteiger partial charge in [-0.2, -0.15) is 0 Å². The van der Waals surface area contributed by atoms with Crippen molar-refractivity contribution < 1.29 is 0 Å². The van der Waals surface area contributed by atoms with E-state index >= 15 is 0 Å². The van der Waals surface area contributed by atoms with Crippen molar-refractivity contribution in [3.05, 3.63) is 35.9 Å². The van der Waals surface area contributed by atoms with Gasteiger partial charge in [-0.1, -0.05) is 19.1 Å². The Balaban J connectivity index is 2.80. The van der Waals surface area contributed by atoms with E-state index in [0.717, 1.165) is 34.1 Å². The van der Waals surface area contributed by atoms with E-state index in [1.54, 1.807) is 0 Å². The number of nitrogens with two attached hydrogens (primary N) is 2. The third-order valence-electron chi connectivity index (χ3n) is 2.55. The molecule has 0 radical (unpaired) electrons. The SMILES string of the molecule is CCc1cc2c(N)cccc2cc1N. The molecule has 2 heteroatoms. The molecule has 0 unspecified atom stereocenters. The predicted molar refractivity (Wildman–Crippen MR) is 62.2 cm³/mol. The second kappa shape index (κ2) is 3.22. The first-order chi connectivity index (χ1) is 6.72. The molecule has 72 valence electrons. The Bertz CT molecular complexity index is 475. The number of fused-ring (bicyclic) bond motifs is 1. The standard InChI is InChI=1S/C12H14N2/c1-2-8-6-10-9(7-12(8)14)4-3-5-11(10)13/h3-7H,2,13-14H2,1H3. The second-order valence-electron chi connectivity index (χ2n) is 3.47. The van der Waals surface area contributed by atoms with Crippen molar-refractivity contribution in [2.75, 3.05) is 11.5 Å². The number of hydrogen-bond acceptors (Lipinski definition) is 2. The lowest BCUT2D eigenvalue weighted by Gasteiger charge is -2.07. The Kier molecular flexibility index (Phi) is 2.04. The summed E-state index contributed by atoms with van der Waals surface area (Å²) in [6, 6.07) is 9.96. The third kappa shape index (κ3) is 1.29. The van der Waals surface area contributed by atoms with Gasteiger partial charge in [0.05, 0.1) is 0 Å². The Morgan fingerprint density at radius 2 is 1.86 bits per heavy atom. The van der Waals surface area contributed by atoms with E-state index in [-0.39, 0.29) is 0 Å². The van der Waals surface area contributed by atoms with Crippen LogP contribution >= 0.6 is 0 Å². The Morgan fingerprint density at radius 3 is 2.57 bits per heavy atom. The lowest BCUT2D eigenvalue weighted by molar-refractivity contribution is 1.15. The molecule has 2 aromatic carbocycles. The van der Waals surface area contributed by atoms with E-state index in [4.69, 9.17) is 11.5 Å². The van der Waals surface area contributed by atoms with Crippen LogP contribution in [0.5, 0.6) is 0 Å². The molecule has 0 saturated heterocycles. The average Bonchev–Trinajstić information content (AvgIpc) is 2.17. The van der Waals surface area contributed by atoms with Crippen molar-refractivity contribution in [1.29, 1.82) is 0 Å². The van der Waals surface area contributed by atoms with Crippen LogP contribution in [0.15, 0.2) is 30.3 Å². The maximum absolute atomic E-state index is 5.91. The highest BCUT2D eigenvalue weighted by Crippen LogP contribution is 2.26. The van der Waals surface area contributed by atoms with Gasteiger partial charge >= 0.3 is 0 Å². The Morgan fingerprint density at radius 1 is 1.07 bits per heavy atom. The molecule has 2 rings (SSSR count). The summed E-state index contributed by atoms with van der Waals surface area (Å²) in [7, 11) is 0. The van der Waals surface area contributed by atoms with E-state index in [9.17, 15) is 0 Å². The highest BCUT2D eigenvalue weighted by molar-refractivity contribution is 5.95. The van der Waals surface area contributed by atoms with Gasteiger partial charge in [-0.05, 0) is 35.6 Å². The summed E-state index contributed by atoms with van der Waals surface area (Å²) >= 11 is 0. The Hall–Kier alpha value is -1.70. The number of aryl methyl sites for hydroxylation is 1. The predicted octanol–water partition coefficient (Wildman–Crippen LogP) is 2.57. The maximum atomic E-state index is 5.91. The van der Waals surface area contributed by atoms with Gasteiger partial charge in [0.2, 0.25) is 0 Å². The van der Waals surface area contributed by atoms with E-state index in [1.165, 1.54) is 0 Å². The molecule has 2 nitrogen and oxygen atoms in total. The molecule has 0 aliphatic rings. The molecule has 0 aromatic heterocycles. The number of anilines is 2. The van der Waals surface area contributed by atoms with Crippen LogP contribution in [0.4, 0.5) is 11.4 Å². The quantitative estimate of drug-likeness (QED) is 0.672. The molecule has 0 fully saturated rings. The first-order valence-corrected chi connectivity index (χ1v) is 4.79. The van der Waals surface area contributed by atoms with E-state index in [0.29, 0.717) is 0 Å². The molecule has 0 spiro atoms. The summed E-state index contributed by atoms with van der Waals surface area (Å²) in [6.07, 6.45) is 0.941. The van der Waals surface area contributed by atoms with Crippen LogP contribution in [-0.4, -0.2) is 0 Å². The van der Waals surface area contributed by atoms with Crippen LogP contribution in [0.2, 0.25) is 0 Å². The summed E-state index contributed by atoms with van der Waals surface area (Å²) in [5.74, 6) is 0. The van der Waals surface area contributed by atoms with E-state index < -0.39 is 0 Å². The minimum absolute atomic E-state index is 0.817. The highest BCUT2D eigenvalue weighted by Gasteiger charge is 2.02. The molecule has 2 aromatic rings. The van der Waals surface area contributed by atoms with Crippen molar-refractivity contribution in [2.24, 2.45) is 0 Å². The largest absolute Gasteiger partial charge is 0.398 e. The average molecular weight is 186 g/mol. The van der Waals surface area contributed by atoms with Crippen molar-refractivity contribution in [1.82, 2.24) is 0 Å². The van der Waals surface area contributed by atoms with Gasteiger partial charge in [-0.3, -0.25) is 0 Å². The highest BCUT2D eigenvalue weighted by atomic mass is 14.6. The molecule has 0 aliphatic carbocycles. The molecular formula is C12H14N2. The number of nitrogen functional groups attached to an aromatic ring is 2. The van der Waals surface area contributed by atoms with Gasteiger partial charge in [-0.25, -0.2) is 0 Å². The molecule has 0 aliphatic heterocycles. The van der Waals surface area contributed by atoms with Crippen LogP contribution in [0.25, 0.3) is 10.8 Å². The van der Waals surface area contributed by atoms with Crippen LogP contribution in [0, 0.1) is 0 Å². The van der Waals surface area contributed by atoms with Crippen LogP contribution in [0.3, 0.4) is 0 Å². The van der Waals surface area contributed by atoms with Crippen LogP contribution < -0.4 is 11.5 Å². The fourth-order valence-corrected chi connectivity index (χ4v) is 1.72. The summed E-state index contributed by atoms with van der Waals surface area (Å²) in [5.41, 5.74) is 14.6. The Labute approximate surface area is 83.5 Å². The normalized spacial score (nSPS) is 10.6. The zero-order valence-corrected chi connectivity index (χ0v) is 8.25. The van der Waals surface area contributed by atoms with Crippen LogP contribution in [0.1, 0.15) is 12.5 Å². The van der Waals surface area contributed by atoms with Gasteiger partial charge in [0.1, 0.15) is 0 Å². The number of hydrogen-bond donors (Lipinski definition) is 2. The van der Waals surface area contributed by atoms with Crippen molar-refractivity contribution in [3.8, 4) is 0 Å². The smallest absolute Gasteiger partial charge is 0.0393 e. The molecular weight excluding hydrogens is 172 g/mol. The second-order valence-corrected chi connectivity index (χ2v) is 3.47. The molecule has 4 N–H and O–H groups in total. The minimum Gasteiger partial charge on any atom is -0.398 e.